The van der Waals surface area contributed by atoms with Crippen LogP contribution in [0.4, 0.5) is 10.1 Å². The number of nitrogens with one attached hydrogen (secondary N) is 2. The molecule has 0 fully saturated rings. The smallest absolute Gasteiger partial charge is 0.255 e. The van der Waals surface area contributed by atoms with Gasteiger partial charge in [-0.3, -0.25) is 9.59 Å². The Labute approximate surface area is 192 Å². The van der Waals surface area contributed by atoms with E-state index in [0.29, 0.717) is 29.4 Å². The Balaban J connectivity index is 1.56. The zero-order valence-electron chi connectivity index (χ0n) is 18.4. The first-order valence-corrected chi connectivity index (χ1v) is 10.4. The third kappa shape index (κ3) is 6.93. The van der Waals surface area contributed by atoms with Crippen LogP contribution < -0.4 is 20.1 Å². The Morgan fingerprint density at radius 2 is 1.79 bits per heavy atom. The third-order valence-corrected chi connectivity index (χ3v) is 4.67. The van der Waals surface area contributed by atoms with E-state index in [0.717, 1.165) is 11.1 Å². The largest absolute Gasteiger partial charge is 0.493 e. The highest BCUT2D eigenvalue weighted by atomic mass is 19.1. The molecule has 2 N–H and O–H groups in total. The standard InChI is InChI=1S/C26H25FN2O4/c1-3-33-23-13-7-18(16-24(23)32-2)8-14-25(30)28-17-19-5-4-6-22(15-19)29-26(31)20-9-11-21(27)12-10-20/h4-16H,3,17H2,1-2H3,(H,28,30)(H,29,31)/b14-8+. The van der Waals surface area contributed by atoms with Crippen LogP contribution in [0, 0.1) is 5.82 Å². The molecule has 0 atom stereocenters. The van der Waals surface area contributed by atoms with Crippen LogP contribution in [0.2, 0.25) is 0 Å². The van der Waals surface area contributed by atoms with Crippen LogP contribution >= 0.6 is 0 Å². The van der Waals surface area contributed by atoms with Crippen LogP contribution in [0.25, 0.3) is 6.08 Å². The van der Waals surface area contributed by atoms with Gasteiger partial charge in [-0.1, -0.05) is 18.2 Å². The van der Waals surface area contributed by atoms with Crippen molar-refractivity contribution in [1.29, 1.82) is 0 Å². The Morgan fingerprint density at radius 3 is 2.52 bits per heavy atom. The van der Waals surface area contributed by atoms with Crippen molar-refractivity contribution in [3.63, 3.8) is 0 Å². The fraction of sp³-hybridized carbons (Fsp3) is 0.154. The molecular weight excluding hydrogens is 423 g/mol. The van der Waals surface area contributed by atoms with Gasteiger partial charge in [0, 0.05) is 23.9 Å². The highest BCUT2D eigenvalue weighted by Gasteiger charge is 2.07. The van der Waals surface area contributed by atoms with Crippen molar-refractivity contribution in [2.75, 3.05) is 19.0 Å². The quantitative estimate of drug-likeness (QED) is 0.461. The summed E-state index contributed by atoms with van der Waals surface area (Å²) in [7, 11) is 1.56. The number of carbonyl (C=O) groups excluding carboxylic acids is 2. The van der Waals surface area contributed by atoms with Crippen LogP contribution in [0.1, 0.15) is 28.4 Å². The maximum Gasteiger partial charge on any atom is 0.255 e. The monoisotopic (exact) mass is 448 g/mol. The minimum Gasteiger partial charge on any atom is -0.493 e. The first-order valence-electron chi connectivity index (χ1n) is 10.4. The predicted molar refractivity (Wildman–Crippen MR) is 126 cm³/mol. The molecule has 3 rings (SSSR count). The fourth-order valence-corrected chi connectivity index (χ4v) is 3.05. The second-order valence-electron chi connectivity index (χ2n) is 7.06. The van der Waals surface area contributed by atoms with Gasteiger partial charge in [0.2, 0.25) is 5.91 Å². The first kappa shape index (κ1) is 23.5. The van der Waals surface area contributed by atoms with Crippen LogP contribution in [0.5, 0.6) is 11.5 Å². The molecule has 6 nitrogen and oxygen atoms in total. The molecule has 0 spiro atoms. The second-order valence-corrected chi connectivity index (χ2v) is 7.06. The summed E-state index contributed by atoms with van der Waals surface area (Å²) in [5, 5.41) is 5.58. The minimum absolute atomic E-state index is 0.261. The van der Waals surface area contributed by atoms with Gasteiger partial charge in [-0.15, -0.1) is 0 Å². The molecule has 170 valence electrons. The highest BCUT2D eigenvalue weighted by molar-refractivity contribution is 6.04. The molecule has 0 aliphatic rings. The Hall–Kier alpha value is -4.13. The normalized spacial score (nSPS) is 10.6. The lowest BCUT2D eigenvalue weighted by Crippen LogP contribution is -2.20. The summed E-state index contributed by atoms with van der Waals surface area (Å²) in [4.78, 5) is 24.5. The molecule has 0 aliphatic carbocycles. The Bertz CT molecular complexity index is 1140. The summed E-state index contributed by atoms with van der Waals surface area (Å²) in [6.45, 7) is 2.72. The molecular formula is C26H25FN2O4. The highest BCUT2D eigenvalue weighted by Crippen LogP contribution is 2.28. The van der Waals surface area contributed by atoms with E-state index in [-0.39, 0.29) is 18.4 Å². The number of hydrogen-bond donors (Lipinski definition) is 2. The van der Waals surface area contributed by atoms with Gasteiger partial charge in [0.1, 0.15) is 5.82 Å². The molecule has 7 heteroatoms. The van der Waals surface area contributed by atoms with Crippen LogP contribution in [-0.4, -0.2) is 25.5 Å². The molecule has 2 amide bonds. The van der Waals surface area contributed by atoms with E-state index < -0.39 is 5.82 Å². The van der Waals surface area contributed by atoms with E-state index in [9.17, 15) is 14.0 Å². The maximum atomic E-state index is 13.0. The number of halogens is 1. The van der Waals surface area contributed by atoms with E-state index in [4.69, 9.17) is 9.47 Å². The van der Waals surface area contributed by atoms with Gasteiger partial charge in [-0.05, 0) is 72.7 Å². The second kappa shape index (κ2) is 11.5. The van der Waals surface area contributed by atoms with E-state index in [1.807, 2.05) is 19.1 Å². The lowest BCUT2D eigenvalue weighted by Gasteiger charge is -2.09. The molecule has 0 saturated heterocycles. The van der Waals surface area contributed by atoms with Gasteiger partial charge < -0.3 is 20.1 Å². The minimum atomic E-state index is -0.403. The van der Waals surface area contributed by atoms with Crippen LogP contribution in [0.3, 0.4) is 0 Å². The summed E-state index contributed by atoms with van der Waals surface area (Å²) >= 11 is 0. The van der Waals surface area contributed by atoms with Crippen molar-refractivity contribution in [3.05, 3.63) is 95.3 Å². The summed E-state index contributed by atoms with van der Waals surface area (Å²) in [6.07, 6.45) is 3.13. The molecule has 0 radical (unpaired) electrons. The lowest BCUT2D eigenvalue weighted by molar-refractivity contribution is -0.116. The number of carbonyl (C=O) groups is 2. The first-order chi connectivity index (χ1) is 16.0. The zero-order chi connectivity index (χ0) is 23.6. The molecule has 0 aromatic heterocycles. The summed E-state index contributed by atoms with van der Waals surface area (Å²) in [6, 6.07) is 17.9. The molecule has 0 heterocycles. The molecule has 0 unspecified atom stereocenters. The summed E-state index contributed by atoms with van der Waals surface area (Å²) in [5.74, 6) is 0.236. The Kier molecular flexibility index (Phi) is 8.18. The zero-order valence-corrected chi connectivity index (χ0v) is 18.4. The average molecular weight is 448 g/mol. The molecule has 0 bridgehead atoms. The van der Waals surface area contributed by atoms with E-state index in [1.165, 1.54) is 30.3 Å². The molecule has 0 aliphatic heterocycles. The van der Waals surface area contributed by atoms with E-state index >= 15 is 0 Å². The summed E-state index contributed by atoms with van der Waals surface area (Å²) < 4.78 is 23.8. The van der Waals surface area contributed by atoms with Crippen molar-refractivity contribution >= 4 is 23.6 Å². The van der Waals surface area contributed by atoms with Gasteiger partial charge in [0.25, 0.3) is 5.91 Å². The van der Waals surface area contributed by atoms with Gasteiger partial charge in [0.15, 0.2) is 11.5 Å². The van der Waals surface area contributed by atoms with Crippen LogP contribution in [-0.2, 0) is 11.3 Å². The summed E-state index contributed by atoms with van der Waals surface area (Å²) in [5.41, 5.74) is 2.55. The number of benzene rings is 3. The van der Waals surface area contributed by atoms with Crippen molar-refractivity contribution < 1.29 is 23.5 Å². The van der Waals surface area contributed by atoms with Crippen molar-refractivity contribution in [1.82, 2.24) is 5.32 Å². The van der Waals surface area contributed by atoms with Gasteiger partial charge >= 0.3 is 0 Å². The Morgan fingerprint density at radius 1 is 1.00 bits per heavy atom. The molecule has 3 aromatic rings. The van der Waals surface area contributed by atoms with Gasteiger partial charge in [0.05, 0.1) is 13.7 Å². The molecule has 0 saturated carbocycles. The molecule has 3 aromatic carbocycles. The van der Waals surface area contributed by atoms with Crippen molar-refractivity contribution in [2.24, 2.45) is 0 Å². The van der Waals surface area contributed by atoms with E-state index in [2.05, 4.69) is 10.6 Å². The van der Waals surface area contributed by atoms with Crippen molar-refractivity contribution in [3.8, 4) is 11.5 Å². The average Bonchev–Trinajstić information content (AvgIpc) is 2.83. The number of hydrogen-bond acceptors (Lipinski definition) is 4. The topological polar surface area (TPSA) is 76.7 Å². The number of amides is 2. The number of ether oxygens (including phenoxy) is 2. The SMILES string of the molecule is CCOc1ccc(/C=C/C(=O)NCc2cccc(NC(=O)c3ccc(F)cc3)c2)cc1OC. The maximum absolute atomic E-state index is 13.0. The fourth-order valence-electron chi connectivity index (χ4n) is 3.05. The third-order valence-electron chi connectivity index (χ3n) is 4.67. The number of methoxy groups -OCH3 is 1. The van der Waals surface area contributed by atoms with Crippen LogP contribution in [0.15, 0.2) is 72.8 Å². The predicted octanol–water partition coefficient (Wildman–Crippen LogP) is 4.81. The van der Waals surface area contributed by atoms with Crippen molar-refractivity contribution in [2.45, 2.75) is 13.5 Å². The lowest BCUT2D eigenvalue weighted by atomic mass is 10.1. The number of rotatable bonds is 9. The molecule has 33 heavy (non-hydrogen) atoms. The van der Waals surface area contributed by atoms with Gasteiger partial charge in [-0.25, -0.2) is 4.39 Å². The number of anilines is 1. The van der Waals surface area contributed by atoms with Gasteiger partial charge in [-0.2, -0.15) is 0 Å². The van der Waals surface area contributed by atoms with E-state index in [1.54, 1.807) is 43.5 Å².